The van der Waals surface area contributed by atoms with Gasteiger partial charge in [-0.25, -0.2) is 0 Å². The van der Waals surface area contributed by atoms with Crippen molar-refractivity contribution in [3.63, 3.8) is 0 Å². The molecule has 114 valence electrons. The molecular formula is C16H37NSi2. The lowest BCUT2D eigenvalue weighted by molar-refractivity contribution is 0.829. The molecular weight excluding hydrogens is 262 g/mol. The maximum Gasteiger partial charge on any atom is 0.142 e. The number of hydrogen-bond donors (Lipinski definition) is 1. The summed E-state index contributed by atoms with van der Waals surface area (Å²) in [5, 5.41) is 1.74. The average Bonchev–Trinajstić information content (AvgIpc) is 2.45. The fraction of sp³-hybridized carbons (Fsp3) is 0.875. The van der Waals surface area contributed by atoms with Crippen LogP contribution in [-0.2, 0) is 0 Å². The molecule has 0 radical (unpaired) electrons. The van der Waals surface area contributed by atoms with Gasteiger partial charge in [0.2, 0.25) is 0 Å². The average molecular weight is 300 g/mol. The Labute approximate surface area is 124 Å². The summed E-state index contributed by atoms with van der Waals surface area (Å²) >= 11 is 0. The maximum absolute atomic E-state index is 4.16. The van der Waals surface area contributed by atoms with Crippen LogP contribution in [0, 0.1) is 0 Å². The van der Waals surface area contributed by atoms with E-state index in [1.54, 1.807) is 5.20 Å². The maximum atomic E-state index is 4.16. The molecule has 0 aliphatic rings. The Kier molecular flexibility index (Phi) is 9.20. The molecule has 0 aliphatic carbocycles. The molecule has 1 N–H and O–H groups in total. The minimum Gasteiger partial charge on any atom is -0.336 e. The smallest absolute Gasteiger partial charge is 0.142 e. The first-order chi connectivity index (χ1) is 9.03. The second-order valence-electron chi connectivity index (χ2n) is 5.89. The van der Waals surface area contributed by atoms with Crippen LogP contribution in [0.15, 0.2) is 11.3 Å². The van der Waals surface area contributed by atoms with E-state index in [1.807, 2.05) is 0 Å². The van der Waals surface area contributed by atoms with E-state index in [0.29, 0.717) is 0 Å². The van der Waals surface area contributed by atoms with Crippen LogP contribution in [0.3, 0.4) is 0 Å². The fourth-order valence-corrected chi connectivity index (χ4v) is 23.9. The second-order valence-corrected chi connectivity index (χ2v) is 19.8. The molecule has 19 heavy (non-hydrogen) atoms. The van der Waals surface area contributed by atoms with Gasteiger partial charge in [-0.2, -0.15) is 0 Å². The van der Waals surface area contributed by atoms with Crippen LogP contribution in [0.4, 0.5) is 0 Å². The molecule has 0 heterocycles. The number of nitrogens with one attached hydrogen (secondary N) is 1. The summed E-state index contributed by atoms with van der Waals surface area (Å²) in [5.41, 5.74) is 0. The van der Waals surface area contributed by atoms with Crippen molar-refractivity contribution in [2.24, 2.45) is 0 Å². The molecule has 0 amide bonds. The van der Waals surface area contributed by atoms with Crippen LogP contribution in [0.2, 0.25) is 24.2 Å². The fourth-order valence-electron chi connectivity index (χ4n) is 3.91. The summed E-state index contributed by atoms with van der Waals surface area (Å²) in [5.74, 6) is 0. The molecule has 0 bridgehead atoms. The zero-order valence-electron chi connectivity index (χ0n) is 14.5. The Morgan fingerprint density at radius 2 is 1.47 bits per heavy atom. The van der Waals surface area contributed by atoms with E-state index in [9.17, 15) is 0 Å². The monoisotopic (exact) mass is 299 g/mol. The third-order valence-corrected chi connectivity index (χ3v) is 26.0. The van der Waals surface area contributed by atoms with Crippen LogP contribution >= 0.6 is 0 Å². The minimum atomic E-state index is -1.45. The molecule has 1 unspecified atom stereocenters. The van der Waals surface area contributed by atoms with Crippen molar-refractivity contribution >= 4 is 15.3 Å². The Hall–Kier alpha value is 0.134. The highest BCUT2D eigenvalue weighted by Crippen LogP contribution is 2.37. The van der Waals surface area contributed by atoms with Crippen molar-refractivity contribution in [2.45, 2.75) is 85.5 Å². The SMILES string of the molecule is C/C=C(\C)[Si](CCC)(NCCC)[Si](CC)(CC)CC. The quantitative estimate of drug-likeness (QED) is 0.530. The molecule has 0 spiro atoms. The van der Waals surface area contributed by atoms with Gasteiger partial charge in [0, 0.05) is 0 Å². The first kappa shape index (κ1) is 19.1. The van der Waals surface area contributed by atoms with Gasteiger partial charge in [0.25, 0.3) is 0 Å². The predicted molar refractivity (Wildman–Crippen MR) is 95.8 cm³/mol. The van der Waals surface area contributed by atoms with Crippen LogP contribution in [0.25, 0.3) is 0 Å². The second kappa shape index (κ2) is 9.14. The summed E-state index contributed by atoms with van der Waals surface area (Å²) in [6.07, 6.45) is 5.02. The highest BCUT2D eigenvalue weighted by atomic mass is 29.3. The zero-order chi connectivity index (χ0) is 14.9. The molecule has 0 aromatic carbocycles. The van der Waals surface area contributed by atoms with Crippen molar-refractivity contribution in [2.75, 3.05) is 6.54 Å². The van der Waals surface area contributed by atoms with Crippen LogP contribution in [0.1, 0.15) is 61.3 Å². The van der Waals surface area contributed by atoms with Crippen molar-refractivity contribution in [3.05, 3.63) is 11.3 Å². The van der Waals surface area contributed by atoms with Gasteiger partial charge < -0.3 is 4.98 Å². The first-order valence-corrected chi connectivity index (χ1v) is 14.2. The third kappa shape index (κ3) is 3.82. The van der Waals surface area contributed by atoms with Gasteiger partial charge in [0.05, 0.1) is 7.59 Å². The third-order valence-electron chi connectivity index (χ3n) is 5.34. The summed E-state index contributed by atoms with van der Waals surface area (Å²) in [7, 11) is -2.63. The number of hydrogen-bond acceptors (Lipinski definition) is 1. The largest absolute Gasteiger partial charge is 0.336 e. The lowest BCUT2D eigenvalue weighted by Crippen LogP contribution is -2.71. The highest BCUT2D eigenvalue weighted by Gasteiger charge is 2.51. The molecule has 0 fully saturated rings. The predicted octanol–water partition coefficient (Wildman–Crippen LogP) is 5.43. The lowest BCUT2D eigenvalue weighted by atomic mass is 10.5. The van der Waals surface area contributed by atoms with Gasteiger partial charge in [-0.15, -0.1) is 0 Å². The van der Waals surface area contributed by atoms with E-state index in [-0.39, 0.29) is 0 Å². The van der Waals surface area contributed by atoms with E-state index in [2.05, 4.69) is 59.5 Å². The molecule has 0 saturated heterocycles. The van der Waals surface area contributed by atoms with Gasteiger partial charge in [0.1, 0.15) is 7.75 Å². The molecule has 3 heteroatoms. The van der Waals surface area contributed by atoms with E-state index in [0.717, 1.165) is 0 Å². The van der Waals surface area contributed by atoms with Gasteiger partial charge >= 0.3 is 0 Å². The summed E-state index contributed by atoms with van der Waals surface area (Å²) < 4.78 is 0. The standard InChI is InChI=1S/C16H37NSi2/c1-8-14-17-19(15-9-2,16(7)10-3)18(11-4,12-5)13-6/h10,17H,8-9,11-15H2,1-7H3/b16-10+. The van der Waals surface area contributed by atoms with Gasteiger partial charge in [-0.1, -0.05) is 70.4 Å². The Balaban J connectivity index is 5.77. The van der Waals surface area contributed by atoms with Crippen LogP contribution in [0.5, 0.6) is 0 Å². The van der Waals surface area contributed by atoms with E-state index in [1.165, 1.54) is 43.6 Å². The van der Waals surface area contributed by atoms with Crippen LogP contribution < -0.4 is 4.98 Å². The molecule has 0 aliphatic heterocycles. The van der Waals surface area contributed by atoms with Crippen molar-refractivity contribution in [1.82, 2.24) is 4.98 Å². The number of allylic oxidation sites excluding steroid dienone is 2. The Morgan fingerprint density at radius 1 is 0.947 bits per heavy atom. The molecule has 0 aromatic rings. The summed E-state index contributed by atoms with van der Waals surface area (Å²) in [4.78, 5) is 4.16. The molecule has 0 aromatic heterocycles. The van der Waals surface area contributed by atoms with Gasteiger partial charge in [-0.05, 0) is 32.9 Å². The molecule has 1 atom stereocenters. The van der Waals surface area contributed by atoms with E-state index in [4.69, 9.17) is 0 Å². The lowest BCUT2D eigenvalue weighted by Gasteiger charge is -2.49. The topological polar surface area (TPSA) is 12.0 Å². The normalized spacial score (nSPS) is 16.5. The van der Waals surface area contributed by atoms with Crippen molar-refractivity contribution < 1.29 is 0 Å². The van der Waals surface area contributed by atoms with Gasteiger partial charge in [0.15, 0.2) is 0 Å². The van der Waals surface area contributed by atoms with Crippen molar-refractivity contribution in [1.29, 1.82) is 0 Å². The molecule has 1 nitrogen and oxygen atoms in total. The first-order valence-electron chi connectivity index (χ1n) is 8.42. The van der Waals surface area contributed by atoms with E-state index >= 15 is 0 Å². The molecule has 0 saturated carbocycles. The van der Waals surface area contributed by atoms with E-state index < -0.39 is 15.3 Å². The molecule has 0 rings (SSSR count). The Bertz CT molecular complexity index is 264. The zero-order valence-corrected chi connectivity index (χ0v) is 16.5. The van der Waals surface area contributed by atoms with Gasteiger partial charge in [-0.3, -0.25) is 0 Å². The van der Waals surface area contributed by atoms with Crippen molar-refractivity contribution in [3.8, 4) is 0 Å². The minimum absolute atomic E-state index is 1.18. The number of rotatable bonds is 10. The Morgan fingerprint density at radius 3 is 1.79 bits per heavy atom. The highest BCUT2D eigenvalue weighted by molar-refractivity contribution is 7.44. The summed E-state index contributed by atoms with van der Waals surface area (Å²) in [6, 6.07) is 5.81. The summed E-state index contributed by atoms with van der Waals surface area (Å²) in [6.45, 7) is 18.0. The van der Waals surface area contributed by atoms with Crippen LogP contribution in [-0.4, -0.2) is 21.9 Å².